The van der Waals surface area contributed by atoms with Crippen molar-refractivity contribution in [1.82, 2.24) is 5.16 Å². The number of aromatic nitrogens is 1. The van der Waals surface area contributed by atoms with Crippen LogP contribution < -0.4 is 14.4 Å². The van der Waals surface area contributed by atoms with Crippen LogP contribution in [0.25, 0.3) is 12.2 Å². The maximum absolute atomic E-state index is 12.7. The highest BCUT2D eigenvalue weighted by Crippen LogP contribution is 2.31. The highest BCUT2D eigenvalue weighted by molar-refractivity contribution is 5.96. The molecule has 0 aliphatic carbocycles. The van der Waals surface area contributed by atoms with Gasteiger partial charge >= 0.3 is 5.69 Å². The largest absolute Gasteiger partial charge is 0.493 e. The summed E-state index contributed by atoms with van der Waals surface area (Å²) in [5.74, 6) is 0.786. The number of amides is 1. The quantitative estimate of drug-likeness (QED) is 0.407. The van der Waals surface area contributed by atoms with Crippen molar-refractivity contribution in [2.45, 2.75) is 13.3 Å². The first kappa shape index (κ1) is 21.1. The van der Waals surface area contributed by atoms with Crippen molar-refractivity contribution >= 4 is 29.4 Å². The van der Waals surface area contributed by atoms with E-state index in [9.17, 15) is 14.9 Å². The molecular formula is C23H21N3O6. The minimum absolute atomic E-state index is 0.0586. The van der Waals surface area contributed by atoms with Crippen LogP contribution in [0.5, 0.6) is 11.5 Å². The predicted octanol–water partition coefficient (Wildman–Crippen LogP) is 4.04. The molecule has 4 rings (SSSR count). The van der Waals surface area contributed by atoms with E-state index in [1.165, 1.54) is 20.1 Å². The summed E-state index contributed by atoms with van der Waals surface area (Å²) in [6, 6.07) is 13.0. The number of benzene rings is 2. The molecule has 0 fully saturated rings. The highest BCUT2D eigenvalue weighted by Gasteiger charge is 2.25. The average molecular weight is 435 g/mol. The van der Waals surface area contributed by atoms with Gasteiger partial charge in [-0.2, -0.15) is 0 Å². The third-order valence-corrected chi connectivity index (χ3v) is 5.19. The minimum atomic E-state index is -0.529. The Kier molecular flexibility index (Phi) is 5.89. The summed E-state index contributed by atoms with van der Waals surface area (Å²) in [7, 11) is 1.50. The fourth-order valence-corrected chi connectivity index (χ4v) is 3.61. The van der Waals surface area contributed by atoms with Gasteiger partial charge < -0.3 is 18.9 Å². The van der Waals surface area contributed by atoms with Gasteiger partial charge in [-0.05, 0) is 48.7 Å². The Bertz CT molecular complexity index is 1200. The Morgan fingerprint density at radius 1 is 1.25 bits per heavy atom. The molecule has 32 heavy (non-hydrogen) atoms. The van der Waals surface area contributed by atoms with E-state index in [1.807, 2.05) is 24.3 Å². The van der Waals surface area contributed by atoms with Gasteiger partial charge in [0.2, 0.25) is 5.76 Å². The summed E-state index contributed by atoms with van der Waals surface area (Å²) in [6.45, 7) is 2.02. The smallest absolute Gasteiger partial charge is 0.338 e. The number of carbonyl (C=O) groups is 1. The van der Waals surface area contributed by atoms with E-state index in [1.54, 1.807) is 29.2 Å². The molecule has 1 aromatic heterocycles. The summed E-state index contributed by atoms with van der Waals surface area (Å²) in [6.07, 6.45) is 3.95. The monoisotopic (exact) mass is 435 g/mol. The second-order valence-electron chi connectivity index (χ2n) is 7.19. The molecule has 0 spiro atoms. The Balaban J connectivity index is 1.45. The Hall–Kier alpha value is -4.14. The van der Waals surface area contributed by atoms with E-state index in [0.29, 0.717) is 23.6 Å². The Labute approximate surface area is 184 Å². The van der Waals surface area contributed by atoms with Crippen LogP contribution in [0.2, 0.25) is 0 Å². The summed E-state index contributed by atoms with van der Waals surface area (Å²) >= 11 is 0. The minimum Gasteiger partial charge on any atom is -0.493 e. The fraction of sp³-hybridized carbons (Fsp3) is 0.217. The number of carbonyl (C=O) groups excluding carboxylic acids is 1. The lowest BCUT2D eigenvalue weighted by Gasteiger charge is -2.18. The molecule has 9 nitrogen and oxygen atoms in total. The van der Waals surface area contributed by atoms with Crippen LogP contribution in [-0.4, -0.2) is 36.2 Å². The molecule has 0 radical (unpaired) electrons. The number of rotatable bonds is 7. The van der Waals surface area contributed by atoms with Crippen LogP contribution in [0.4, 0.5) is 11.4 Å². The molecule has 0 bridgehead atoms. The van der Waals surface area contributed by atoms with E-state index < -0.39 is 4.92 Å². The predicted molar refractivity (Wildman–Crippen MR) is 118 cm³/mol. The zero-order valence-electron chi connectivity index (χ0n) is 17.6. The van der Waals surface area contributed by atoms with Crippen LogP contribution in [0.15, 0.2) is 47.0 Å². The Morgan fingerprint density at radius 2 is 2.06 bits per heavy atom. The van der Waals surface area contributed by atoms with Crippen LogP contribution in [-0.2, 0) is 11.2 Å². The van der Waals surface area contributed by atoms with E-state index >= 15 is 0 Å². The molecule has 1 aliphatic heterocycles. The van der Waals surface area contributed by atoms with Gasteiger partial charge in [0, 0.05) is 12.2 Å². The topological polar surface area (TPSA) is 108 Å². The molecule has 1 aliphatic rings. The lowest BCUT2D eigenvalue weighted by atomic mass is 10.1. The van der Waals surface area contributed by atoms with Gasteiger partial charge in [-0.3, -0.25) is 14.9 Å². The van der Waals surface area contributed by atoms with Gasteiger partial charge in [-0.15, -0.1) is 0 Å². The molecular weight excluding hydrogens is 414 g/mol. The Morgan fingerprint density at radius 3 is 2.84 bits per heavy atom. The van der Waals surface area contributed by atoms with E-state index in [2.05, 4.69) is 5.16 Å². The zero-order chi connectivity index (χ0) is 22.7. The van der Waals surface area contributed by atoms with Crippen LogP contribution in [0.3, 0.4) is 0 Å². The number of ether oxygens (including phenoxy) is 2. The third-order valence-electron chi connectivity index (χ3n) is 5.19. The number of anilines is 1. The number of hydrogen-bond acceptors (Lipinski definition) is 7. The molecule has 0 saturated carbocycles. The first-order valence-corrected chi connectivity index (χ1v) is 9.95. The first-order valence-electron chi connectivity index (χ1n) is 9.95. The normalized spacial score (nSPS) is 12.8. The van der Waals surface area contributed by atoms with E-state index in [4.69, 9.17) is 14.0 Å². The number of methoxy groups -OCH3 is 1. The third kappa shape index (κ3) is 4.18. The standard InChI is InChI=1S/C23H21N3O6/c1-15-23(26(28)29)20(32-24-15)10-8-16-7-9-19(21(13-16)30-2)31-14-22(27)25-12-11-17-5-3-4-6-18(17)25/h3-10,13H,11-12,14H2,1-2H3/b10-8+. The van der Waals surface area contributed by atoms with Crippen molar-refractivity contribution in [2.24, 2.45) is 0 Å². The van der Waals surface area contributed by atoms with Crippen LogP contribution >= 0.6 is 0 Å². The second kappa shape index (κ2) is 8.93. The summed E-state index contributed by atoms with van der Waals surface area (Å²) in [5.41, 5.74) is 2.82. The number of hydrogen-bond donors (Lipinski definition) is 0. The summed E-state index contributed by atoms with van der Waals surface area (Å²) in [4.78, 5) is 25.0. The number of nitrogens with zero attached hydrogens (tertiary/aromatic N) is 3. The molecule has 9 heteroatoms. The van der Waals surface area contributed by atoms with Gasteiger partial charge in [0.05, 0.1) is 12.0 Å². The maximum Gasteiger partial charge on any atom is 0.338 e. The number of aryl methyl sites for hydroxylation is 1. The van der Waals surface area contributed by atoms with Crippen LogP contribution in [0, 0.1) is 17.0 Å². The lowest BCUT2D eigenvalue weighted by Crippen LogP contribution is -2.33. The second-order valence-corrected chi connectivity index (χ2v) is 7.19. The van der Waals surface area contributed by atoms with Crippen LogP contribution in [0.1, 0.15) is 22.6 Å². The summed E-state index contributed by atoms with van der Waals surface area (Å²) < 4.78 is 16.1. The maximum atomic E-state index is 12.7. The number of nitro groups is 1. The van der Waals surface area contributed by atoms with Crippen molar-refractivity contribution in [1.29, 1.82) is 0 Å². The van der Waals surface area contributed by atoms with Crippen molar-refractivity contribution in [3.8, 4) is 11.5 Å². The first-order chi connectivity index (χ1) is 15.5. The van der Waals surface area contributed by atoms with E-state index in [-0.39, 0.29) is 29.7 Å². The van der Waals surface area contributed by atoms with Crippen molar-refractivity contribution in [3.63, 3.8) is 0 Å². The van der Waals surface area contributed by atoms with Gasteiger partial charge in [-0.1, -0.05) is 35.5 Å². The van der Waals surface area contributed by atoms with Gasteiger partial charge in [0.15, 0.2) is 23.8 Å². The highest BCUT2D eigenvalue weighted by atomic mass is 16.6. The van der Waals surface area contributed by atoms with Crippen molar-refractivity contribution in [2.75, 3.05) is 25.2 Å². The molecule has 164 valence electrons. The van der Waals surface area contributed by atoms with Crippen molar-refractivity contribution in [3.05, 3.63) is 75.2 Å². The summed E-state index contributed by atoms with van der Waals surface area (Å²) in [5, 5.41) is 14.8. The molecule has 2 heterocycles. The average Bonchev–Trinajstić information content (AvgIpc) is 3.39. The molecule has 3 aromatic rings. The zero-order valence-corrected chi connectivity index (χ0v) is 17.6. The lowest BCUT2D eigenvalue weighted by molar-refractivity contribution is -0.386. The van der Waals surface area contributed by atoms with Gasteiger partial charge in [-0.25, -0.2) is 0 Å². The number of fused-ring (bicyclic) bond motifs is 1. The van der Waals surface area contributed by atoms with Gasteiger partial charge in [0.25, 0.3) is 5.91 Å². The molecule has 0 saturated heterocycles. The van der Waals surface area contributed by atoms with E-state index in [0.717, 1.165) is 17.7 Å². The number of para-hydroxylation sites is 1. The van der Waals surface area contributed by atoms with Gasteiger partial charge in [0.1, 0.15) is 0 Å². The molecule has 1 amide bonds. The van der Waals surface area contributed by atoms with Crippen molar-refractivity contribution < 1.29 is 23.7 Å². The SMILES string of the molecule is COc1cc(/C=C/c2onc(C)c2[N+](=O)[O-])ccc1OCC(=O)N1CCc2ccccc21. The fourth-order valence-electron chi connectivity index (χ4n) is 3.61. The molecule has 0 unspecified atom stereocenters. The molecule has 0 N–H and O–H groups in total. The molecule has 2 aromatic carbocycles. The molecule has 0 atom stereocenters.